The van der Waals surface area contributed by atoms with Crippen LogP contribution in [-0.4, -0.2) is 70.8 Å². The summed E-state index contributed by atoms with van der Waals surface area (Å²) in [4.78, 5) is 64.4. The summed E-state index contributed by atoms with van der Waals surface area (Å²) in [5, 5.41) is 7.39. The lowest BCUT2D eigenvalue weighted by Gasteiger charge is -2.34. The molecule has 6 atom stereocenters. The first-order valence-electron chi connectivity index (χ1n) is 12.7. The van der Waals surface area contributed by atoms with Crippen LogP contribution in [0.15, 0.2) is 0 Å². The van der Waals surface area contributed by atoms with Gasteiger partial charge in [0.1, 0.15) is 18.1 Å². The first kappa shape index (κ1) is 25.8. The van der Waals surface area contributed by atoms with Crippen molar-refractivity contribution in [1.82, 2.24) is 20.9 Å². The molecule has 5 amide bonds. The largest absolute Gasteiger partial charge is 0.471 e. The van der Waals surface area contributed by atoms with E-state index in [0.29, 0.717) is 19.3 Å². The predicted molar refractivity (Wildman–Crippen MR) is 121 cm³/mol. The van der Waals surface area contributed by atoms with Gasteiger partial charge in [0, 0.05) is 18.0 Å². The van der Waals surface area contributed by atoms with Gasteiger partial charge in [0.15, 0.2) is 0 Å². The third kappa shape index (κ3) is 4.65. The van der Waals surface area contributed by atoms with Crippen molar-refractivity contribution >= 4 is 29.5 Å². The summed E-state index contributed by atoms with van der Waals surface area (Å²) >= 11 is 0. The predicted octanol–water partition coefficient (Wildman–Crippen LogP) is -0.0446. The molecule has 2 saturated heterocycles. The number of amides is 5. The van der Waals surface area contributed by atoms with Crippen LogP contribution >= 0.6 is 0 Å². The van der Waals surface area contributed by atoms with Gasteiger partial charge in [-0.1, -0.05) is 13.8 Å². The number of halogens is 3. The summed E-state index contributed by atoms with van der Waals surface area (Å²) in [7, 11) is 0. The fourth-order valence-corrected chi connectivity index (χ4v) is 6.46. The summed E-state index contributed by atoms with van der Waals surface area (Å²) < 4.78 is 38.7. The highest BCUT2D eigenvalue weighted by molar-refractivity contribution is 5.96. The van der Waals surface area contributed by atoms with Gasteiger partial charge in [-0.15, -0.1) is 0 Å². The molecule has 1 spiro atoms. The molecule has 2 aliphatic heterocycles. The fourth-order valence-electron chi connectivity index (χ4n) is 6.46. The van der Waals surface area contributed by atoms with Crippen LogP contribution in [0.4, 0.5) is 13.2 Å². The van der Waals surface area contributed by atoms with E-state index >= 15 is 0 Å². The molecule has 0 aromatic rings. The van der Waals surface area contributed by atoms with Gasteiger partial charge in [-0.05, 0) is 61.7 Å². The van der Waals surface area contributed by atoms with Crippen molar-refractivity contribution < 1.29 is 37.1 Å². The molecule has 5 aliphatic rings. The number of alkyl halides is 3. The lowest BCUT2D eigenvalue weighted by molar-refractivity contribution is -0.175. The highest BCUT2D eigenvalue weighted by Gasteiger charge is 2.70. The number of nitrogens with zero attached hydrogens (tertiary/aromatic N) is 1. The zero-order chi connectivity index (χ0) is 27.1. The maximum absolute atomic E-state index is 13.5. The Hall–Kier alpha value is -2.86. The Bertz CT molecular complexity index is 1050. The first-order chi connectivity index (χ1) is 17.1. The van der Waals surface area contributed by atoms with Crippen molar-refractivity contribution in [3.63, 3.8) is 0 Å². The molecule has 5 fully saturated rings. The van der Waals surface area contributed by atoms with Gasteiger partial charge in [-0.25, -0.2) is 0 Å². The van der Waals surface area contributed by atoms with Crippen LogP contribution in [-0.2, 0) is 24.0 Å². The highest BCUT2D eigenvalue weighted by atomic mass is 19.4. The number of rotatable bonds is 8. The van der Waals surface area contributed by atoms with E-state index < -0.39 is 59.8 Å². The number of carbonyl (C=O) groups excluding carboxylic acids is 5. The van der Waals surface area contributed by atoms with E-state index in [2.05, 4.69) is 10.6 Å². The minimum atomic E-state index is -5.14. The number of nitrogens with one attached hydrogen (secondary N) is 3. The van der Waals surface area contributed by atoms with Gasteiger partial charge < -0.3 is 26.6 Å². The van der Waals surface area contributed by atoms with Crippen LogP contribution < -0.4 is 21.7 Å². The Morgan fingerprint density at radius 3 is 2.32 bits per heavy atom. The van der Waals surface area contributed by atoms with Crippen LogP contribution in [0.3, 0.4) is 0 Å². The van der Waals surface area contributed by atoms with Gasteiger partial charge in [0.2, 0.25) is 23.6 Å². The molecule has 2 heterocycles. The lowest BCUT2D eigenvalue weighted by Crippen LogP contribution is -2.59. The van der Waals surface area contributed by atoms with Gasteiger partial charge in [0.05, 0.1) is 0 Å². The Kier molecular flexibility index (Phi) is 5.80. The van der Waals surface area contributed by atoms with Crippen molar-refractivity contribution in [2.75, 3.05) is 6.54 Å². The number of hydrogen-bond acceptors (Lipinski definition) is 5. The van der Waals surface area contributed by atoms with E-state index in [-0.39, 0.29) is 41.7 Å². The summed E-state index contributed by atoms with van der Waals surface area (Å²) in [5.74, 6) is -5.78. The average Bonchev–Trinajstić information content (AvgIpc) is 3.74. The zero-order valence-electron chi connectivity index (χ0n) is 20.7. The topological polar surface area (TPSA) is 151 Å². The minimum absolute atomic E-state index is 0.0269. The molecule has 0 aromatic heterocycles. The average molecular weight is 528 g/mol. The van der Waals surface area contributed by atoms with Gasteiger partial charge in [-0.2, -0.15) is 13.2 Å². The van der Waals surface area contributed by atoms with Crippen LogP contribution in [0.5, 0.6) is 0 Å². The normalized spacial score (nSPS) is 32.2. The molecule has 10 nitrogen and oxygen atoms in total. The molecule has 13 heteroatoms. The smallest absolute Gasteiger partial charge is 0.368 e. The second-order valence-electron chi connectivity index (χ2n) is 12.0. The molecule has 3 aliphatic carbocycles. The molecular formula is C24H32F3N5O5. The molecule has 37 heavy (non-hydrogen) atoms. The quantitative estimate of drug-likeness (QED) is 0.349. The number of carbonyl (C=O) groups is 5. The molecular weight excluding hydrogens is 495 g/mol. The van der Waals surface area contributed by atoms with E-state index in [9.17, 15) is 37.1 Å². The molecule has 0 bridgehead atoms. The van der Waals surface area contributed by atoms with Crippen LogP contribution in [0.2, 0.25) is 0 Å². The van der Waals surface area contributed by atoms with E-state index in [4.69, 9.17) is 5.73 Å². The number of primary amides is 1. The Morgan fingerprint density at radius 2 is 1.81 bits per heavy atom. The fraction of sp³-hybridized carbons (Fsp3) is 0.792. The molecule has 0 radical (unpaired) electrons. The third-order valence-electron chi connectivity index (χ3n) is 9.09. The van der Waals surface area contributed by atoms with Crippen LogP contribution in [0.1, 0.15) is 52.4 Å². The maximum atomic E-state index is 13.5. The summed E-state index contributed by atoms with van der Waals surface area (Å²) in [6, 6.07) is -3.54. The Labute approximate surface area is 211 Å². The second-order valence-corrected chi connectivity index (χ2v) is 12.0. The zero-order valence-corrected chi connectivity index (χ0v) is 20.7. The number of likely N-dealkylation sites (tertiary alicyclic amines) is 1. The van der Waals surface area contributed by atoms with Crippen molar-refractivity contribution in [2.24, 2.45) is 34.8 Å². The molecule has 3 unspecified atom stereocenters. The monoisotopic (exact) mass is 527 g/mol. The summed E-state index contributed by atoms with van der Waals surface area (Å²) in [6.45, 7) is 4.05. The first-order valence-corrected chi connectivity index (χ1v) is 12.7. The Morgan fingerprint density at radius 1 is 1.16 bits per heavy atom. The van der Waals surface area contributed by atoms with Gasteiger partial charge in [0.25, 0.3) is 0 Å². The van der Waals surface area contributed by atoms with Gasteiger partial charge >= 0.3 is 12.1 Å². The van der Waals surface area contributed by atoms with Crippen molar-refractivity contribution in [1.29, 1.82) is 0 Å². The van der Waals surface area contributed by atoms with E-state index in [1.807, 2.05) is 19.2 Å². The minimum Gasteiger partial charge on any atom is -0.368 e. The molecule has 3 saturated carbocycles. The molecule has 5 rings (SSSR count). The SMILES string of the molecule is CC1(C)C2CN(C(=O)[C@@H](NC(=O)C(F)(F)F)C3CC3)C(C(=O)N[C@@H](C[C@@H]3CC4(CC4)NC3=O)C(N)=O)C21. The number of piperidine rings is 1. The molecule has 204 valence electrons. The summed E-state index contributed by atoms with van der Waals surface area (Å²) in [5.41, 5.74) is 5.06. The number of hydrogen-bond donors (Lipinski definition) is 4. The maximum Gasteiger partial charge on any atom is 0.471 e. The van der Waals surface area contributed by atoms with Crippen molar-refractivity contribution in [3.05, 3.63) is 0 Å². The standard InChI is InChI=1S/C24H32F3N5O5/c1-22(2)12-9-32(20(36)15(10-3-4-10)30-21(37)24(25,26)27)16(14(12)22)19(35)29-13(17(28)33)7-11-8-23(5-6-23)31-18(11)34/h10-16H,3-9H2,1-2H3,(H2,28,33)(H,29,35)(H,30,37)(H,31,34)/t11-,12?,13+,14?,15+,16?/m1/s1. The molecule has 5 N–H and O–H groups in total. The van der Waals surface area contributed by atoms with Crippen LogP contribution in [0.25, 0.3) is 0 Å². The van der Waals surface area contributed by atoms with E-state index in [0.717, 1.165) is 12.8 Å². The van der Waals surface area contributed by atoms with Gasteiger partial charge in [-0.3, -0.25) is 24.0 Å². The van der Waals surface area contributed by atoms with E-state index in [1.165, 1.54) is 4.90 Å². The third-order valence-corrected chi connectivity index (χ3v) is 9.09. The lowest BCUT2D eigenvalue weighted by atomic mass is 9.94. The Balaban J connectivity index is 1.31. The number of nitrogens with two attached hydrogens (primary N) is 1. The number of fused-ring (bicyclic) bond motifs is 1. The van der Waals surface area contributed by atoms with Crippen molar-refractivity contribution in [2.45, 2.75) is 82.2 Å². The second kappa shape index (κ2) is 8.32. The van der Waals surface area contributed by atoms with Crippen molar-refractivity contribution in [3.8, 4) is 0 Å². The molecule has 0 aromatic carbocycles. The van der Waals surface area contributed by atoms with Crippen LogP contribution in [0, 0.1) is 29.1 Å². The highest BCUT2D eigenvalue weighted by Crippen LogP contribution is 2.65. The van der Waals surface area contributed by atoms with E-state index in [1.54, 1.807) is 0 Å². The summed E-state index contributed by atoms with van der Waals surface area (Å²) in [6.07, 6.45) is -1.84.